The summed E-state index contributed by atoms with van der Waals surface area (Å²) in [6.07, 6.45) is 1.56. The van der Waals surface area contributed by atoms with Crippen molar-refractivity contribution in [3.63, 3.8) is 0 Å². The first-order chi connectivity index (χ1) is 24.1. The van der Waals surface area contributed by atoms with Crippen molar-refractivity contribution in [2.75, 3.05) is 6.61 Å². The minimum absolute atomic E-state index is 0.210. The van der Waals surface area contributed by atoms with E-state index in [4.69, 9.17) is 14.6 Å². The largest absolute Gasteiger partial charge is 0.406 e. The molecule has 7 rings (SSSR count). The van der Waals surface area contributed by atoms with Crippen molar-refractivity contribution in [1.29, 1.82) is 0 Å². The van der Waals surface area contributed by atoms with Crippen LogP contribution >= 0.6 is 15.9 Å². The van der Waals surface area contributed by atoms with E-state index < -0.39 is 33.9 Å². The molecule has 3 N–H and O–H groups in total. The fourth-order valence-electron chi connectivity index (χ4n) is 9.27. The summed E-state index contributed by atoms with van der Waals surface area (Å²) in [4.78, 5) is 0. The Kier molecular flexibility index (Phi) is 10.3. The summed E-state index contributed by atoms with van der Waals surface area (Å²) < 4.78 is 16.5. The molecule has 51 heavy (non-hydrogen) atoms. The molecule has 4 nitrogen and oxygen atoms in total. The van der Waals surface area contributed by atoms with E-state index in [0.717, 1.165) is 20.4 Å². The second-order valence-electron chi connectivity index (χ2n) is 16.7. The summed E-state index contributed by atoms with van der Waals surface area (Å²) >= 11 is 3.95. The smallest absolute Gasteiger partial charge is 0.261 e. The number of hydrogen-bond acceptors (Lipinski definition) is 4. The molecule has 5 atom stereocenters. The van der Waals surface area contributed by atoms with Crippen LogP contribution in [0, 0.1) is 11.8 Å². The molecule has 0 saturated heterocycles. The van der Waals surface area contributed by atoms with Gasteiger partial charge in [-0.25, -0.2) is 0 Å². The molecule has 3 aliphatic rings. The van der Waals surface area contributed by atoms with Crippen molar-refractivity contribution in [2.24, 2.45) is 17.6 Å². The van der Waals surface area contributed by atoms with Crippen molar-refractivity contribution >= 4 is 53.3 Å². The van der Waals surface area contributed by atoms with Gasteiger partial charge in [0.1, 0.15) is 5.60 Å². The summed E-state index contributed by atoms with van der Waals surface area (Å²) in [5.74, 6) is -0.712. The summed E-state index contributed by atoms with van der Waals surface area (Å²) in [6, 6.07) is 42.7. The fourth-order valence-corrected chi connectivity index (χ4v) is 19.4. The number of nitrogens with two attached hydrogens (primary N) is 1. The van der Waals surface area contributed by atoms with E-state index in [1.54, 1.807) is 6.08 Å². The van der Waals surface area contributed by atoms with Gasteiger partial charge in [-0.3, -0.25) is 0 Å². The van der Waals surface area contributed by atoms with E-state index in [2.05, 4.69) is 192 Å². The van der Waals surface area contributed by atoms with Gasteiger partial charge >= 0.3 is 0 Å². The lowest BCUT2D eigenvalue weighted by Crippen LogP contribution is -2.77. The van der Waals surface area contributed by atoms with E-state index in [-0.39, 0.29) is 21.9 Å². The Hall–Kier alpha value is -2.89. The van der Waals surface area contributed by atoms with Crippen LogP contribution in [-0.2, 0) is 8.85 Å². The first-order valence-electron chi connectivity index (χ1n) is 18.1. The third kappa shape index (κ3) is 6.13. The fraction of sp³-hybridized carbons (Fsp3) is 0.364. The number of aliphatic hydroxyl groups is 1. The maximum absolute atomic E-state index is 12.9. The van der Waals surface area contributed by atoms with E-state index >= 15 is 0 Å². The molecule has 0 amide bonds. The van der Waals surface area contributed by atoms with Gasteiger partial charge in [-0.05, 0) is 44.2 Å². The maximum Gasteiger partial charge on any atom is 0.261 e. The van der Waals surface area contributed by atoms with Crippen molar-refractivity contribution < 1.29 is 14.0 Å². The maximum atomic E-state index is 12.9. The second kappa shape index (κ2) is 13.8. The minimum Gasteiger partial charge on any atom is -0.406 e. The summed E-state index contributed by atoms with van der Waals surface area (Å²) in [6.45, 7) is 20.4. The van der Waals surface area contributed by atoms with Crippen LogP contribution in [0.5, 0.6) is 0 Å². The van der Waals surface area contributed by atoms with Crippen molar-refractivity contribution in [3.05, 3.63) is 144 Å². The SMILES string of the molecule is C=C[C@]1(O)[C@@H]2C[C@@](N)(CO[Si](c3ccccc3)(c3ccccc3)C(C)(C)C)[C@@H](C(C)=C2Br)[C@H]1O[Si](c1ccccc1)(c1ccccc1)C(C)(C)C. The molecule has 0 heterocycles. The minimum atomic E-state index is -3.12. The van der Waals surface area contributed by atoms with Crippen LogP contribution in [0.1, 0.15) is 54.9 Å². The van der Waals surface area contributed by atoms with Crippen molar-refractivity contribution in [1.82, 2.24) is 0 Å². The van der Waals surface area contributed by atoms with E-state index in [1.165, 1.54) is 10.4 Å². The molecule has 0 unspecified atom stereocenters. The highest BCUT2D eigenvalue weighted by molar-refractivity contribution is 9.11. The summed E-state index contributed by atoms with van der Waals surface area (Å²) in [5, 5.41) is 17.1. The zero-order chi connectivity index (χ0) is 36.9. The molecule has 3 aliphatic carbocycles. The monoisotopic (exact) mass is 779 g/mol. The molecular weight excluding hydrogens is 727 g/mol. The number of rotatable bonds is 10. The molecule has 1 fully saturated rings. The van der Waals surface area contributed by atoms with Crippen LogP contribution in [0.15, 0.2) is 144 Å². The van der Waals surface area contributed by atoms with Gasteiger partial charge in [0.05, 0.1) is 12.7 Å². The lowest BCUT2D eigenvalue weighted by atomic mass is 9.54. The van der Waals surface area contributed by atoms with Gasteiger partial charge in [0.2, 0.25) is 0 Å². The molecule has 0 aromatic heterocycles. The van der Waals surface area contributed by atoms with Gasteiger partial charge in [0.25, 0.3) is 16.6 Å². The highest BCUT2D eigenvalue weighted by Crippen LogP contribution is 2.58. The number of halogens is 1. The second-order valence-corrected chi connectivity index (χ2v) is 26.2. The third-order valence-corrected chi connectivity index (χ3v) is 22.9. The number of hydrogen-bond donors (Lipinski definition) is 2. The molecule has 0 radical (unpaired) electrons. The van der Waals surface area contributed by atoms with Crippen LogP contribution < -0.4 is 26.5 Å². The van der Waals surface area contributed by atoms with Gasteiger partial charge in [0, 0.05) is 21.9 Å². The molecule has 0 aliphatic heterocycles. The Morgan fingerprint density at radius 3 is 1.47 bits per heavy atom. The standard InChI is InChI=1S/C44H54BrNO3Si2/c1-9-44(47)37-30-43(46,31-48-50(41(3,4)5,33-22-14-10-15-23-33)34-24-16-11-17-25-34)38(32(2)39(37)45)40(44)49-51(42(6,7)8,35-26-18-12-19-27-35)36-28-20-13-21-29-36/h9-29,37-38,40,47H,1,30-31,46H2,2-8H3/t37-,38+,40-,43-,44+/m1/s1. The van der Waals surface area contributed by atoms with Crippen molar-refractivity contribution in [3.8, 4) is 0 Å². The average molecular weight is 781 g/mol. The lowest BCUT2D eigenvalue weighted by Gasteiger charge is -2.62. The summed E-state index contributed by atoms with van der Waals surface area (Å²) in [5.41, 5.74) is 6.71. The predicted octanol–water partition coefficient (Wildman–Crippen LogP) is 7.44. The van der Waals surface area contributed by atoms with Gasteiger partial charge in [-0.15, -0.1) is 6.58 Å². The van der Waals surface area contributed by atoms with Crippen LogP contribution in [0.25, 0.3) is 0 Å². The summed E-state index contributed by atoms with van der Waals surface area (Å²) in [7, 11) is -6.04. The average Bonchev–Trinajstić information content (AvgIpc) is 3.11. The van der Waals surface area contributed by atoms with Crippen LogP contribution in [-0.4, -0.2) is 45.6 Å². The van der Waals surface area contributed by atoms with Crippen LogP contribution in [0.2, 0.25) is 10.1 Å². The molecule has 7 heteroatoms. The Bertz CT molecular complexity index is 1780. The molecule has 4 aromatic carbocycles. The van der Waals surface area contributed by atoms with Crippen LogP contribution in [0.3, 0.4) is 0 Å². The Labute approximate surface area is 316 Å². The van der Waals surface area contributed by atoms with E-state index in [9.17, 15) is 5.11 Å². The Balaban J connectivity index is 1.53. The van der Waals surface area contributed by atoms with Crippen molar-refractivity contribution in [2.45, 2.75) is 82.2 Å². The highest BCUT2D eigenvalue weighted by atomic mass is 79.9. The van der Waals surface area contributed by atoms with Gasteiger partial charge in [-0.1, -0.05) is 190 Å². The number of benzene rings is 4. The lowest BCUT2D eigenvalue weighted by molar-refractivity contribution is -0.141. The van der Waals surface area contributed by atoms with E-state index in [0.29, 0.717) is 13.0 Å². The van der Waals surface area contributed by atoms with E-state index in [1.807, 2.05) is 0 Å². The third-order valence-electron chi connectivity index (χ3n) is 11.7. The zero-order valence-corrected chi connectivity index (χ0v) is 34.8. The van der Waals surface area contributed by atoms with Crippen LogP contribution in [0.4, 0.5) is 0 Å². The van der Waals surface area contributed by atoms with Gasteiger partial charge < -0.3 is 19.7 Å². The quantitative estimate of drug-likeness (QED) is 0.130. The first kappa shape index (κ1) is 37.9. The molecule has 268 valence electrons. The zero-order valence-electron chi connectivity index (χ0n) is 31.2. The molecular formula is C44H54BrNO3Si2. The molecule has 4 aromatic rings. The molecule has 2 bridgehead atoms. The normalized spacial score (nSPS) is 25.6. The molecule has 0 spiro atoms. The van der Waals surface area contributed by atoms with Gasteiger partial charge in [0.15, 0.2) is 0 Å². The highest BCUT2D eigenvalue weighted by Gasteiger charge is 2.67. The Morgan fingerprint density at radius 2 is 1.12 bits per heavy atom. The number of fused-ring (bicyclic) bond motifs is 2. The Morgan fingerprint density at radius 1 is 0.745 bits per heavy atom. The first-order valence-corrected chi connectivity index (χ1v) is 22.7. The predicted molar refractivity (Wildman–Crippen MR) is 221 cm³/mol. The van der Waals surface area contributed by atoms with Gasteiger partial charge in [-0.2, -0.15) is 0 Å². The topological polar surface area (TPSA) is 64.7 Å². The molecule has 1 saturated carbocycles.